The van der Waals surface area contributed by atoms with Gasteiger partial charge in [-0.1, -0.05) is 25.4 Å². The summed E-state index contributed by atoms with van der Waals surface area (Å²) >= 11 is 6.13. The van der Waals surface area contributed by atoms with Crippen LogP contribution in [0.5, 0.6) is 5.75 Å². The topological polar surface area (TPSA) is 60.7 Å². The van der Waals surface area contributed by atoms with Crippen molar-refractivity contribution in [2.45, 2.75) is 26.8 Å². The third-order valence-corrected chi connectivity index (χ3v) is 4.79. The van der Waals surface area contributed by atoms with Crippen molar-refractivity contribution in [3.8, 4) is 11.4 Å². The monoisotopic (exact) mass is 386 g/mol. The molecule has 3 aromatic rings. The van der Waals surface area contributed by atoms with E-state index in [0.29, 0.717) is 27.7 Å². The van der Waals surface area contributed by atoms with Gasteiger partial charge in [-0.25, -0.2) is 4.98 Å². The van der Waals surface area contributed by atoms with Crippen LogP contribution >= 0.6 is 11.6 Å². The van der Waals surface area contributed by atoms with E-state index in [1.165, 1.54) is 0 Å². The molecule has 0 aliphatic carbocycles. The highest BCUT2D eigenvalue weighted by molar-refractivity contribution is 6.31. The lowest BCUT2D eigenvalue weighted by Crippen LogP contribution is -2.86. The van der Waals surface area contributed by atoms with Crippen LogP contribution in [0.3, 0.4) is 0 Å². The van der Waals surface area contributed by atoms with Gasteiger partial charge >= 0.3 is 0 Å². The van der Waals surface area contributed by atoms with Gasteiger partial charge in [0.2, 0.25) is 0 Å². The molecule has 2 aromatic carbocycles. The van der Waals surface area contributed by atoms with Crippen molar-refractivity contribution in [2.24, 2.45) is 5.92 Å². The van der Waals surface area contributed by atoms with E-state index in [-0.39, 0.29) is 11.6 Å². The maximum absolute atomic E-state index is 13.3. The summed E-state index contributed by atoms with van der Waals surface area (Å²) in [6.07, 6.45) is 0. The van der Waals surface area contributed by atoms with Crippen LogP contribution in [0.4, 0.5) is 0 Å². The number of hydrogen-bond donors (Lipinski definition) is 1. The number of benzene rings is 2. The van der Waals surface area contributed by atoms with E-state index in [1.54, 1.807) is 29.9 Å². The van der Waals surface area contributed by atoms with Crippen LogP contribution in [0.15, 0.2) is 47.3 Å². The molecule has 1 aromatic heterocycles. The first-order chi connectivity index (χ1) is 12.9. The quantitative estimate of drug-likeness (QED) is 0.706. The summed E-state index contributed by atoms with van der Waals surface area (Å²) in [4.78, 5) is 18.1. The van der Waals surface area contributed by atoms with Gasteiger partial charge in [-0.05, 0) is 49.4 Å². The highest BCUT2D eigenvalue weighted by Gasteiger charge is 2.20. The summed E-state index contributed by atoms with van der Waals surface area (Å²) in [7, 11) is 1.62. The summed E-state index contributed by atoms with van der Waals surface area (Å²) in [6.45, 7) is 7.37. The van der Waals surface area contributed by atoms with Crippen molar-refractivity contribution < 1.29 is 10.1 Å². The maximum Gasteiger partial charge on any atom is 0.266 e. The van der Waals surface area contributed by atoms with E-state index < -0.39 is 0 Å². The van der Waals surface area contributed by atoms with Crippen molar-refractivity contribution in [1.82, 2.24) is 9.55 Å². The number of fused-ring (bicyclic) bond motifs is 1. The SMILES string of the molecule is COc1ccc(-n2c([C@@H](C)[NH2+]CC(C)C)nc3cc(Cl)ccc3c2=O)cc1. The van der Waals surface area contributed by atoms with Crippen LogP contribution in [0.2, 0.25) is 5.02 Å². The second kappa shape index (κ2) is 8.11. The van der Waals surface area contributed by atoms with Crippen LogP contribution in [-0.2, 0) is 0 Å². The van der Waals surface area contributed by atoms with Gasteiger partial charge in [0.15, 0.2) is 5.82 Å². The molecule has 0 radical (unpaired) electrons. The van der Waals surface area contributed by atoms with Gasteiger partial charge in [-0.3, -0.25) is 9.36 Å². The standard InChI is InChI=1S/C21H24ClN3O2/c1-13(2)12-23-14(3)20-24-19-11-15(22)5-10-18(19)21(26)25(20)16-6-8-17(27-4)9-7-16/h5-11,13-14,23H,12H2,1-4H3/p+1/t14-/m1/s1. The van der Waals surface area contributed by atoms with E-state index in [0.717, 1.165) is 18.0 Å². The minimum atomic E-state index is -0.0957. The van der Waals surface area contributed by atoms with Gasteiger partial charge < -0.3 is 10.1 Å². The molecule has 0 amide bonds. The minimum absolute atomic E-state index is 0.0191. The molecule has 3 rings (SSSR count). The van der Waals surface area contributed by atoms with Gasteiger partial charge in [-0.2, -0.15) is 0 Å². The Labute approximate surface area is 164 Å². The van der Waals surface area contributed by atoms with Gasteiger partial charge in [0.1, 0.15) is 11.8 Å². The fraction of sp³-hybridized carbons (Fsp3) is 0.333. The summed E-state index contributed by atoms with van der Waals surface area (Å²) in [6, 6.07) is 12.7. The Balaban J connectivity index is 2.21. The van der Waals surface area contributed by atoms with Crippen molar-refractivity contribution >= 4 is 22.5 Å². The molecular formula is C21H25ClN3O2+. The molecule has 0 bridgehead atoms. The molecule has 0 saturated carbocycles. The molecule has 0 saturated heterocycles. The molecule has 2 N–H and O–H groups in total. The van der Waals surface area contributed by atoms with Crippen LogP contribution in [0.1, 0.15) is 32.6 Å². The maximum atomic E-state index is 13.3. The zero-order chi connectivity index (χ0) is 19.6. The molecule has 0 aliphatic rings. The van der Waals surface area contributed by atoms with Gasteiger partial charge in [0, 0.05) is 10.9 Å². The fourth-order valence-corrected chi connectivity index (χ4v) is 3.21. The third-order valence-electron chi connectivity index (χ3n) is 4.56. The zero-order valence-electron chi connectivity index (χ0n) is 16.1. The summed E-state index contributed by atoms with van der Waals surface area (Å²) < 4.78 is 6.93. The van der Waals surface area contributed by atoms with Crippen LogP contribution in [0.25, 0.3) is 16.6 Å². The van der Waals surface area contributed by atoms with Gasteiger partial charge in [0.05, 0.1) is 30.2 Å². The van der Waals surface area contributed by atoms with E-state index in [9.17, 15) is 4.79 Å². The number of ether oxygens (including phenoxy) is 1. The lowest BCUT2D eigenvalue weighted by atomic mass is 10.1. The number of aromatic nitrogens is 2. The second-order valence-corrected chi connectivity index (χ2v) is 7.56. The van der Waals surface area contributed by atoms with Gasteiger partial charge in [-0.15, -0.1) is 0 Å². The van der Waals surface area contributed by atoms with Crippen molar-refractivity contribution in [1.29, 1.82) is 0 Å². The van der Waals surface area contributed by atoms with Gasteiger partial charge in [0.25, 0.3) is 5.56 Å². The molecule has 1 heterocycles. The Morgan fingerprint density at radius 2 is 1.85 bits per heavy atom. The predicted octanol–water partition coefficient (Wildman–Crippen LogP) is 3.33. The van der Waals surface area contributed by atoms with Crippen molar-refractivity contribution in [3.63, 3.8) is 0 Å². The minimum Gasteiger partial charge on any atom is -0.497 e. The normalized spacial score (nSPS) is 12.5. The van der Waals surface area contributed by atoms with E-state index in [4.69, 9.17) is 21.3 Å². The number of nitrogens with zero attached hydrogens (tertiary/aromatic N) is 2. The van der Waals surface area contributed by atoms with Crippen molar-refractivity contribution in [3.05, 3.63) is 63.7 Å². The number of rotatable bonds is 6. The number of quaternary nitrogens is 1. The molecule has 6 heteroatoms. The average molecular weight is 387 g/mol. The molecule has 0 aliphatic heterocycles. The lowest BCUT2D eigenvalue weighted by Gasteiger charge is -2.18. The van der Waals surface area contributed by atoms with E-state index in [1.807, 2.05) is 24.3 Å². The molecule has 27 heavy (non-hydrogen) atoms. The molecule has 0 unspecified atom stereocenters. The van der Waals surface area contributed by atoms with E-state index >= 15 is 0 Å². The largest absolute Gasteiger partial charge is 0.497 e. The molecule has 1 atom stereocenters. The number of halogens is 1. The smallest absolute Gasteiger partial charge is 0.266 e. The molecule has 0 spiro atoms. The van der Waals surface area contributed by atoms with Crippen molar-refractivity contribution in [2.75, 3.05) is 13.7 Å². The predicted molar refractivity (Wildman–Crippen MR) is 109 cm³/mol. The van der Waals surface area contributed by atoms with E-state index in [2.05, 4.69) is 26.1 Å². The Morgan fingerprint density at radius 1 is 1.15 bits per heavy atom. The number of hydrogen-bond acceptors (Lipinski definition) is 3. The highest BCUT2D eigenvalue weighted by atomic mass is 35.5. The highest BCUT2D eigenvalue weighted by Crippen LogP contribution is 2.21. The molecule has 5 nitrogen and oxygen atoms in total. The van der Waals surface area contributed by atoms with Crippen LogP contribution in [0, 0.1) is 5.92 Å². The first kappa shape index (κ1) is 19.4. The Morgan fingerprint density at radius 3 is 2.48 bits per heavy atom. The summed E-state index contributed by atoms with van der Waals surface area (Å²) in [5.41, 5.74) is 1.30. The zero-order valence-corrected chi connectivity index (χ0v) is 16.8. The second-order valence-electron chi connectivity index (χ2n) is 7.12. The lowest BCUT2D eigenvalue weighted by molar-refractivity contribution is -0.698. The summed E-state index contributed by atoms with van der Waals surface area (Å²) in [5.74, 6) is 2.00. The van der Waals surface area contributed by atoms with Crippen LogP contribution in [-0.4, -0.2) is 23.2 Å². The molecular weight excluding hydrogens is 362 g/mol. The summed E-state index contributed by atoms with van der Waals surface area (Å²) in [5, 5.41) is 3.33. The Kier molecular flexibility index (Phi) is 5.82. The average Bonchev–Trinajstić information content (AvgIpc) is 2.65. The van der Waals surface area contributed by atoms with Crippen LogP contribution < -0.4 is 15.6 Å². The fourth-order valence-electron chi connectivity index (χ4n) is 3.04. The molecule has 0 fully saturated rings. The third kappa shape index (κ3) is 4.15. The Bertz CT molecular complexity index is 997. The Hall–Kier alpha value is -2.37. The number of nitrogens with two attached hydrogens (primary N) is 1. The first-order valence-electron chi connectivity index (χ1n) is 9.10. The number of methoxy groups -OCH3 is 1. The first-order valence-corrected chi connectivity index (χ1v) is 9.48. The molecule has 142 valence electrons.